The predicted molar refractivity (Wildman–Crippen MR) is 136 cm³/mol. The number of aryl methyl sites for hydroxylation is 1. The Hall–Kier alpha value is -3.66. The smallest absolute Gasteiger partial charge is 0.273 e. The van der Waals surface area contributed by atoms with Crippen molar-refractivity contribution < 1.29 is 18.5 Å². The molecule has 3 aliphatic rings. The van der Waals surface area contributed by atoms with Gasteiger partial charge >= 0.3 is 0 Å². The van der Waals surface area contributed by atoms with Crippen molar-refractivity contribution in [3.05, 3.63) is 65.6 Å². The molecule has 3 heterocycles. The molecular weight excluding hydrogens is 487 g/mol. The van der Waals surface area contributed by atoms with Gasteiger partial charge in [0.05, 0.1) is 17.0 Å². The van der Waals surface area contributed by atoms with Gasteiger partial charge in [0, 0.05) is 44.1 Å². The first-order valence-corrected chi connectivity index (χ1v) is 13.3. The summed E-state index contributed by atoms with van der Waals surface area (Å²) in [5.41, 5.74) is 0.541. The molecular formula is C28H31FN6O3. The van der Waals surface area contributed by atoms with Crippen LogP contribution in [0.4, 0.5) is 4.39 Å². The fourth-order valence-electron chi connectivity index (χ4n) is 5.27. The van der Waals surface area contributed by atoms with Crippen LogP contribution in [0.15, 0.2) is 47.2 Å². The first-order valence-electron chi connectivity index (χ1n) is 13.3. The lowest BCUT2D eigenvalue weighted by atomic mass is 9.90. The van der Waals surface area contributed by atoms with E-state index in [0.29, 0.717) is 24.7 Å². The molecule has 9 nitrogen and oxygen atoms in total. The van der Waals surface area contributed by atoms with Crippen LogP contribution >= 0.6 is 0 Å². The van der Waals surface area contributed by atoms with Crippen molar-refractivity contribution in [2.45, 2.75) is 50.6 Å². The van der Waals surface area contributed by atoms with Crippen LogP contribution in [-0.4, -0.2) is 57.5 Å². The number of carbonyl (C=O) groups is 2. The monoisotopic (exact) mass is 518 g/mol. The van der Waals surface area contributed by atoms with Crippen LogP contribution < -0.4 is 10.6 Å². The van der Waals surface area contributed by atoms with E-state index in [-0.39, 0.29) is 29.0 Å². The Morgan fingerprint density at radius 2 is 1.95 bits per heavy atom. The van der Waals surface area contributed by atoms with E-state index in [2.05, 4.69) is 30.7 Å². The van der Waals surface area contributed by atoms with Gasteiger partial charge in [-0.05, 0) is 68.7 Å². The number of benzene rings is 1. The van der Waals surface area contributed by atoms with Crippen LogP contribution in [-0.2, 0) is 10.3 Å². The summed E-state index contributed by atoms with van der Waals surface area (Å²) >= 11 is 0. The summed E-state index contributed by atoms with van der Waals surface area (Å²) in [7, 11) is 0. The fraction of sp³-hybridized carbons (Fsp3) is 0.464. The summed E-state index contributed by atoms with van der Waals surface area (Å²) in [5, 5.41) is 10.1. The second-order valence-electron chi connectivity index (χ2n) is 10.9. The lowest BCUT2D eigenvalue weighted by Crippen LogP contribution is -2.57. The number of amides is 2. The van der Waals surface area contributed by atoms with Gasteiger partial charge in [-0.2, -0.15) is 0 Å². The zero-order valence-corrected chi connectivity index (χ0v) is 21.3. The molecule has 3 aromatic rings. The number of nitrogens with one attached hydrogen (secondary N) is 2. The molecule has 10 heteroatoms. The number of nitrogens with zero attached hydrogens (tertiary/aromatic N) is 4. The minimum Gasteiger partial charge on any atom is -0.355 e. The molecule has 0 unspecified atom stereocenters. The second-order valence-corrected chi connectivity index (χ2v) is 10.9. The van der Waals surface area contributed by atoms with Gasteiger partial charge in [0.25, 0.3) is 5.91 Å². The van der Waals surface area contributed by atoms with Crippen molar-refractivity contribution >= 4 is 11.8 Å². The molecule has 6 rings (SSSR count). The van der Waals surface area contributed by atoms with E-state index in [4.69, 9.17) is 4.52 Å². The molecule has 198 valence electrons. The normalized spacial score (nSPS) is 22.6. The van der Waals surface area contributed by atoms with Crippen molar-refractivity contribution in [1.29, 1.82) is 0 Å². The summed E-state index contributed by atoms with van der Waals surface area (Å²) in [6, 6.07) is 7.60. The third kappa shape index (κ3) is 5.18. The van der Waals surface area contributed by atoms with E-state index in [9.17, 15) is 14.0 Å². The van der Waals surface area contributed by atoms with E-state index in [1.807, 2.05) is 0 Å². The van der Waals surface area contributed by atoms with Gasteiger partial charge in [0.1, 0.15) is 5.82 Å². The number of carbonyl (C=O) groups excluding carboxylic acids is 2. The quantitative estimate of drug-likeness (QED) is 0.471. The Kier molecular flexibility index (Phi) is 6.43. The third-order valence-corrected chi connectivity index (χ3v) is 7.80. The molecule has 0 bridgehead atoms. The van der Waals surface area contributed by atoms with E-state index in [0.717, 1.165) is 31.5 Å². The van der Waals surface area contributed by atoms with Crippen molar-refractivity contribution in [3.63, 3.8) is 0 Å². The average molecular weight is 519 g/mol. The van der Waals surface area contributed by atoms with Crippen LogP contribution in [0.25, 0.3) is 11.3 Å². The number of piperidine rings is 1. The summed E-state index contributed by atoms with van der Waals surface area (Å²) < 4.78 is 19.7. The van der Waals surface area contributed by atoms with E-state index in [1.54, 1.807) is 37.5 Å². The highest BCUT2D eigenvalue weighted by Gasteiger charge is 2.50. The molecule has 2 amide bonds. The highest BCUT2D eigenvalue weighted by atomic mass is 19.1. The minimum absolute atomic E-state index is 0.0518. The zero-order valence-electron chi connectivity index (χ0n) is 21.3. The summed E-state index contributed by atoms with van der Waals surface area (Å²) in [6.45, 7) is 4.15. The van der Waals surface area contributed by atoms with Crippen molar-refractivity contribution in [2.24, 2.45) is 11.8 Å². The predicted octanol–water partition coefficient (Wildman–Crippen LogP) is 3.21. The summed E-state index contributed by atoms with van der Waals surface area (Å²) in [4.78, 5) is 37.9. The van der Waals surface area contributed by atoms with Crippen LogP contribution in [0.5, 0.6) is 0 Å². The Labute approximate surface area is 220 Å². The molecule has 38 heavy (non-hydrogen) atoms. The fourth-order valence-corrected chi connectivity index (χ4v) is 5.27. The van der Waals surface area contributed by atoms with Crippen LogP contribution in [0, 0.1) is 24.6 Å². The SMILES string of the molecule is Cc1ccc(-c2cc(C(=O)N[C@H]3CCN(CC4CC4)C[C@@H]3C(=O)NC3(c4ncccn4)CC3)no2)c(F)c1. The zero-order chi connectivity index (χ0) is 26.3. The standard InChI is InChI=1S/C28H31FN6O3/c1-17-3-6-19(21(29)13-17)24-14-23(34-38-24)26(37)32-22-7-12-35(15-18-4-5-18)16-20(22)25(36)33-28(8-9-28)27-30-10-2-11-31-27/h2-3,6,10-11,13-14,18,20,22H,4-5,7-9,12,15-16H2,1H3,(H,32,37)(H,33,36)/t20-,22-/m0/s1. The molecule has 2 atom stereocenters. The number of halogens is 1. The molecule has 0 spiro atoms. The van der Waals surface area contributed by atoms with Gasteiger partial charge < -0.3 is 20.1 Å². The molecule has 3 fully saturated rings. The average Bonchev–Trinajstić information content (AvgIpc) is 3.84. The Morgan fingerprint density at radius 1 is 1.16 bits per heavy atom. The van der Waals surface area contributed by atoms with E-state index in [1.165, 1.54) is 25.0 Å². The lowest BCUT2D eigenvalue weighted by molar-refractivity contribution is -0.128. The first kappa shape index (κ1) is 24.7. The lowest BCUT2D eigenvalue weighted by Gasteiger charge is -2.38. The topological polar surface area (TPSA) is 113 Å². The Bertz CT molecular complexity index is 1340. The van der Waals surface area contributed by atoms with Gasteiger partial charge in [-0.1, -0.05) is 11.2 Å². The van der Waals surface area contributed by atoms with Gasteiger partial charge in [0.15, 0.2) is 17.3 Å². The van der Waals surface area contributed by atoms with E-state index < -0.39 is 23.2 Å². The minimum atomic E-state index is -0.537. The van der Waals surface area contributed by atoms with Gasteiger partial charge in [-0.15, -0.1) is 0 Å². The second kappa shape index (κ2) is 9.90. The molecule has 2 aliphatic carbocycles. The number of hydrogen-bond donors (Lipinski definition) is 2. The van der Waals surface area contributed by atoms with Crippen LogP contribution in [0.2, 0.25) is 0 Å². The molecule has 1 aromatic carbocycles. The maximum atomic E-state index is 14.4. The maximum absolute atomic E-state index is 14.4. The third-order valence-electron chi connectivity index (χ3n) is 7.80. The largest absolute Gasteiger partial charge is 0.355 e. The van der Waals surface area contributed by atoms with Crippen molar-refractivity contribution in [2.75, 3.05) is 19.6 Å². The molecule has 2 N–H and O–H groups in total. The maximum Gasteiger partial charge on any atom is 0.273 e. The first-order chi connectivity index (χ1) is 18.4. The van der Waals surface area contributed by atoms with Crippen molar-refractivity contribution in [1.82, 2.24) is 30.7 Å². The highest BCUT2D eigenvalue weighted by molar-refractivity contribution is 5.94. The van der Waals surface area contributed by atoms with Crippen LogP contribution in [0.1, 0.15) is 54.0 Å². The van der Waals surface area contributed by atoms with Gasteiger partial charge in [-0.3, -0.25) is 9.59 Å². The van der Waals surface area contributed by atoms with Gasteiger partial charge in [0.2, 0.25) is 5.91 Å². The Morgan fingerprint density at radius 3 is 2.66 bits per heavy atom. The number of likely N-dealkylation sites (tertiary alicyclic amines) is 1. The number of hydrogen-bond acceptors (Lipinski definition) is 7. The number of aromatic nitrogens is 3. The van der Waals surface area contributed by atoms with Crippen LogP contribution in [0.3, 0.4) is 0 Å². The van der Waals surface area contributed by atoms with E-state index >= 15 is 0 Å². The highest BCUT2D eigenvalue weighted by Crippen LogP contribution is 2.44. The van der Waals surface area contributed by atoms with Crippen molar-refractivity contribution in [3.8, 4) is 11.3 Å². The Balaban J connectivity index is 1.17. The molecule has 1 saturated heterocycles. The molecule has 0 radical (unpaired) electrons. The molecule has 2 saturated carbocycles. The summed E-state index contributed by atoms with van der Waals surface area (Å²) in [6.07, 6.45) is 8.05. The van der Waals surface area contributed by atoms with Gasteiger partial charge in [-0.25, -0.2) is 14.4 Å². The molecule has 2 aromatic heterocycles. The number of rotatable bonds is 8. The summed E-state index contributed by atoms with van der Waals surface area (Å²) in [5.74, 6) is 0.0745. The molecule has 1 aliphatic heterocycles.